The van der Waals surface area contributed by atoms with Crippen LogP contribution in [0.25, 0.3) is 11.4 Å². The van der Waals surface area contributed by atoms with Crippen LogP contribution in [0.2, 0.25) is 0 Å². The van der Waals surface area contributed by atoms with Crippen molar-refractivity contribution >= 4 is 17.7 Å². The van der Waals surface area contributed by atoms with E-state index in [2.05, 4.69) is 48.1 Å². The Hall–Kier alpha value is -3.43. The number of benzene rings is 1. The molecule has 2 aromatic heterocycles. The fraction of sp³-hybridized carbons (Fsp3) is 0.500. The van der Waals surface area contributed by atoms with Crippen molar-refractivity contribution in [2.24, 2.45) is 0 Å². The number of nitrogens with one attached hydrogen (secondary N) is 1. The predicted octanol–water partition coefficient (Wildman–Crippen LogP) is 5.97. The van der Waals surface area contributed by atoms with Gasteiger partial charge in [0.05, 0.1) is 6.42 Å². The Morgan fingerprint density at radius 1 is 1.08 bits per heavy atom. The maximum atomic E-state index is 13.0. The summed E-state index contributed by atoms with van der Waals surface area (Å²) in [5.74, 6) is 2.09. The molecule has 7 nitrogen and oxygen atoms in total. The molecule has 1 unspecified atom stereocenters. The maximum Gasteiger partial charge on any atom is 0.393 e. The van der Waals surface area contributed by atoms with Crippen LogP contribution in [-0.2, 0) is 6.42 Å². The van der Waals surface area contributed by atoms with Crippen LogP contribution in [0.5, 0.6) is 0 Å². The van der Waals surface area contributed by atoms with Gasteiger partial charge in [0.1, 0.15) is 5.82 Å². The second-order valence-electron chi connectivity index (χ2n) is 9.91. The van der Waals surface area contributed by atoms with Crippen molar-refractivity contribution in [3.05, 3.63) is 53.2 Å². The number of hydrogen-bond donors (Lipinski definition) is 1. The molecule has 0 aliphatic carbocycles. The van der Waals surface area contributed by atoms with E-state index in [1.54, 1.807) is 0 Å². The highest BCUT2D eigenvalue weighted by Crippen LogP contribution is 2.28. The summed E-state index contributed by atoms with van der Waals surface area (Å²) in [5.41, 5.74) is 3.43. The Balaban J connectivity index is 1.60. The Morgan fingerprint density at radius 2 is 1.89 bits per heavy atom. The number of likely N-dealkylation sites (N-methyl/N-ethyl adjacent to an activating group) is 1. The van der Waals surface area contributed by atoms with Crippen LogP contribution in [0.1, 0.15) is 49.8 Å². The lowest BCUT2D eigenvalue weighted by Crippen LogP contribution is -2.39. The number of rotatable bonds is 9. The van der Waals surface area contributed by atoms with E-state index in [4.69, 9.17) is 15.0 Å². The van der Waals surface area contributed by atoms with E-state index in [0.29, 0.717) is 43.4 Å². The van der Waals surface area contributed by atoms with E-state index in [9.17, 15) is 13.2 Å². The molecule has 3 heterocycles. The van der Waals surface area contributed by atoms with Gasteiger partial charge in [0.25, 0.3) is 0 Å². The number of anilines is 3. The minimum Gasteiger partial charge on any atom is -0.368 e. The summed E-state index contributed by atoms with van der Waals surface area (Å²) in [6.45, 7) is 10.8. The number of aromatic nitrogens is 4. The van der Waals surface area contributed by atoms with Gasteiger partial charge in [-0.1, -0.05) is 18.2 Å². The molecule has 0 radical (unpaired) electrons. The van der Waals surface area contributed by atoms with Gasteiger partial charge in [-0.2, -0.15) is 28.1 Å². The van der Waals surface area contributed by atoms with E-state index < -0.39 is 12.6 Å². The molecular weight excluding hydrogens is 491 g/mol. The van der Waals surface area contributed by atoms with Crippen molar-refractivity contribution in [1.29, 1.82) is 0 Å². The van der Waals surface area contributed by atoms with Crippen LogP contribution in [0.3, 0.4) is 0 Å². The van der Waals surface area contributed by atoms with Gasteiger partial charge < -0.3 is 15.1 Å². The molecule has 0 saturated carbocycles. The first-order valence-electron chi connectivity index (χ1n) is 13.2. The minimum absolute atomic E-state index is 0.126. The zero-order valence-corrected chi connectivity index (χ0v) is 22.5. The number of pyridine rings is 1. The molecule has 204 valence electrons. The van der Waals surface area contributed by atoms with Crippen LogP contribution in [0, 0.1) is 13.8 Å². The van der Waals surface area contributed by atoms with Crippen LogP contribution >= 0.6 is 0 Å². The molecule has 1 aromatic carbocycles. The summed E-state index contributed by atoms with van der Waals surface area (Å²) in [6, 6.07) is 9.51. The van der Waals surface area contributed by atoms with Crippen molar-refractivity contribution < 1.29 is 13.2 Å². The first-order valence-corrected chi connectivity index (χ1v) is 13.2. The monoisotopic (exact) mass is 527 g/mol. The smallest absolute Gasteiger partial charge is 0.368 e. The Morgan fingerprint density at radius 3 is 2.61 bits per heavy atom. The topological polar surface area (TPSA) is 70.1 Å². The minimum atomic E-state index is -4.30. The maximum absolute atomic E-state index is 13.0. The van der Waals surface area contributed by atoms with Gasteiger partial charge in [0.15, 0.2) is 5.82 Å². The standard InChI is InChI=1S/C28H36F3N7/c1-5-37(16-14-33-24-23(10-8-13-32-24)18-28(29,30)31)26-34-25(22-12-11-19(2)20(3)17-22)35-27(36-26)38-15-7-6-9-21(38)4/h8,10-13,17,21H,5-7,9,14-16,18H2,1-4H3,(H,32,33). The molecule has 1 N–H and O–H groups in total. The van der Waals surface area contributed by atoms with E-state index in [0.717, 1.165) is 24.9 Å². The molecule has 1 aliphatic heterocycles. The Bertz CT molecular complexity index is 1230. The molecule has 1 fully saturated rings. The molecule has 0 amide bonds. The Labute approximate surface area is 222 Å². The molecule has 1 atom stereocenters. The van der Waals surface area contributed by atoms with E-state index in [1.807, 2.05) is 17.9 Å². The number of aryl methyl sites for hydroxylation is 2. The van der Waals surface area contributed by atoms with Gasteiger partial charge in [0.2, 0.25) is 11.9 Å². The lowest BCUT2D eigenvalue weighted by Gasteiger charge is -2.34. The Kier molecular flexibility index (Phi) is 8.69. The summed E-state index contributed by atoms with van der Waals surface area (Å²) in [6.07, 6.45) is -0.455. The summed E-state index contributed by atoms with van der Waals surface area (Å²) in [4.78, 5) is 23.0. The lowest BCUT2D eigenvalue weighted by molar-refractivity contribution is -0.127. The fourth-order valence-electron chi connectivity index (χ4n) is 4.69. The second-order valence-corrected chi connectivity index (χ2v) is 9.91. The highest BCUT2D eigenvalue weighted by molar-refractivity contribution is 5.60. The van der Waals surface area contributed by atoms with Crippen molar-refractivity contribution in [1.82, 2.24) is 19.9 Å². The third-order valence-electron chi connectivity index (χ3n) is 7.06. The zero-order chi connectivity index (χ0) is 27.3. The summed E-state index contributed by atoms with van der Waals surface area (Å²) in [5, 5.41) is 3.08. The summed E-state index contributed by atoms with van der Waals surface area (Å²) in [7, 11) is 0. The van der Waals surface area contributed by atoms with Crippen LogP contribution in [0.15, 0.2) is 36.5 Å². The van der Waals surface area contributed by atoms with Crippen LogP contribution < -0.4 is 15.1 Å². The largest absolute Gasteiger partial charge is 0.393 e. The number of halogens is 3. The van der Waals surface area contributed by atoms with E-state index in [-0.39, 0.29) is 11.4 Å². The third-order valence-corrected chi connectivity index (χ3v) is 7.06. The number of nitrogens with zero attached hydrogens (tertiary/aromatic N) is 6. The van der Waals surface area contributed by atoms with Crippen LogP contribution in [-0.4, -0.2) is 58.3 Å². The molecule has 4 rings (SSSR count). The molecule has 10 heteroatoms. The fourth-order valence-corrected chi connectivity index (χ4v) is 4.69. The summed E-state index contributed by atoms with van der Waals surface area (Å²) < 4.78 is 39.0. The first-order chi connectivity index (χ1) is 18.1. The lowest BCUT2D eigenvalue weighted by atomic mass is 10.0. The van der Waals surface area contributed by atoms with Gasteiger partial charge in [-0.25, -0.2) is 4.98 Å². The zero-order valence-electron chi connectivity index (χ0n) is 22.5. The molecule has 0 spiro atoms. The van der Waals surface area contributed by atoms with Crippen molar-refractivity contribution in [3.8, 4) is 11.4 Å². The SMILES string of the molecule is CCN(CCNc1ncccc1CC(F)(F)F)c1nc(-c2ccc(C)c(C)c2)nc(N2CCCCC2C)n1. The molecule has 0 bridgehead atoms. The highest BCUT2D eigenvalue weighted by atomic mass is 19.4. The predicted molar refractivity (Wildman–Crippen MR) is 146 cm³/mol. The van der Waals surface area contributed by atoms with Gasteiger partial charge >= 0.3 is 6.18 Å². The van der Waals surface area contributed by atoms with Gasteiger partial charge in [-0.3, -0.25) is 0 Å². The molecular formula is C28H36F3N7. The molecule has 38 heavy (non-hydrogen) atoms. The molecule has 1 aliphatic rings. The second kappa shape index (κ2) is 12.0. The van der Waals surface area contributed by atoms with Crippen molar-refractivity contribution in [3.63, 3.8) is 0 Å². The quantitative estimate of drug-likeness (QED) is 0.368. The highest BCUT2D eigenvalue weighted by Gasteiger charge is 2.29. The van der Waals surface area contributed by atoms with Gasteiger partial charge in [-0.05, 0) is 70.2 Å². The summed E-state index contributed by atoms with van der Waals surface area (Å²) >= 11 is 0. The normalized spacial score (nSPS) is 16.0. The number of piperidine rings is 1. The van der Waals surface area contributed by atoms with Gasteiger partial charge in [0, 0.05) is 49.5 Å². The average Bonchev–Trinajstić information content (AvgIpc) is 2.88. The molecule has 1 saturated heterocycles. The van der Waals surface area contributed by atoms with Crippen LogP contribution in [0.4, 0.5) is 30.9 Å². The number of hydrogen-bond acceptors (Lipinski definition) is 7. The molecule has 3 aromatic rings. The van der Waals surface area contributed by atoms with E-state index >= 15 is 0 Å². The first kappa shape index (κ1) is 27.6. The van der Waals surface area contributed by atoms with E-state index in [1.165, 1.54) is 35.9 Å². The van der Waals surface area contributed by atoms with Crippen molar-refractivity contribution in [2.45, 2.75) is 65.6 Å². The van der Waals surface area contributed by atoms with Gasteiger partial charge in [-0.15, -0.1) is 0 Å². The van der Waals surface area contributed by atoms with Crippen molar-refractivity contribution in [2.75, 3.05) is 41.3 Å². The third kappa shape index (κ3) is 6.90. The number of alkyl halides is 3. The average molecular weight is 528 g/mol.